The van der Waals surface area contributed by atoms with Crippen molar-refractivity contribution in [1.29, 1.82) is 5.41 Å². The first kappa shape index (κ1) is 7.05. The average Bonchev–Trinajstić information content (AvgIpc) is 1.88. The SMILES string of the molecule is CC(=N)N1CCNC(=O)C1. The summed E-state index contributed by atoms with van der Waals surface area (Å²) >= 11 is 0. The third-order valence-corrected chi connectivity index (χ3v) is 1.51. The second kappa shape index (κ2) is 2.68. The molecule has 0 radical (unpaired) electrons. The van der Waals surface area contributed by atoms with Crippen LogP contribution < -0.4 is 5.32 Å². The highest BCUT2D eigenvalue weighted by molar-refractivity contribution is 5.85. The molecule has 56 valence electrons. The van der Waals surface area contributed by atoms with Gasteiger partial charge in [0.1, 0.15) is 0 Å². The minimum absolute atomic E-state index is 0.0119. The topological polar surface area (TPSA) is 56.2 Å². The molecule has 0 bridgehead atoms. The van der Waals surface area contributed by atoms with E-state index < -0.39 is 0 Å². The second-order valence-corrected chi connectivity index (χ2v) is 2.36. The van der Waals surface area contributed by atoms with Gasteiger partial charge in [0, 0.05) is 13.1 Å². The number of carbonyl (C=O) groups is 1. The molecule has 0 spiro atoms. The van der Waals surface area contributed by atoms with Crippen LogP contribution in [-0.2, 0) is 4.79 Å². The molecule has 2 N–H and O–H groups in total. The minimum Gasteiger partial charge on any atom is -0.353 e. The van der Waals surface area contributed by atoms with E-state index in [-0.39, 0.29) is 5.91 Å². The van der Waals surface area contributed by atoms with Crippen molar-refractivity contribution in [3.05, 3.63) is 0 Å². The summed E-state index contributed by atoms with van der Waals surface area (Å²) in [6.07, 6.45) is 0. The molecule has 0 aromatic carbocycles. The van der Waals surface area contributed by atoms with Gasteiger partial charge < -0.3 is 10.2 Å². The fourth-order valence-electron chi connectivity index (χ4n) is 0.925. The molecule has 4 nitrogen and oxygen atoms in total. The Morgan fingerprint density at radius 1 is 1.80 bits per heavy atom. The Balaban J connectivity index is 2.47. The molecule has 0 aliphatic carbocycles. The molecule has 0 unspecified atom stereocenters. The van der Waals surface area contributed by atoms with Crippen LogP contribution in [0.25, 0.3) is 0 Å². The van der Waals surface area contributed by atoms with E-state index in [0.29, 0.717) is 18.9 Å². The number of carbonyl (C=O) groups excluding carboxylic acids is 1. The zero-order valence-corrected chi connectivity index (χ0v) is 5.98. The summed E-state index contributed by atoms with van der Waals surface area (Å²) in [7, 11) is 0. The molecule has 0 atom stereocenters. The molecule has 1 aliphatic rings. The van der Waals surface area contributed by atoms with Gasteiger partial charge in [-0.3, -0.25) is 10.2 Å². The van der Waals surface area contributed by atoms with Gasteiger partial charge in [-0.1, -0.05) is 0 Å². The Morgan fingerprint density at radius 2 is 2.50 bits per heavy atom. The average molecular weight is 141 g/mol. The lowest BCUT2D eigenvalue weighted by atomic mass is 10.3. The molecule has 10 heavy (non-hydrogen) atoms. The molecule has 1 rings (SSSR count). The number of hydrogen-bond donors (Lipinski definition) is 2. The van der Waals surface area contributed by atoms with Gasteiger partial charge in [-0.2, -0.15) is 0 Å². The molecule has 4 heteroatoms. The van der Waals surface area contributed by atoms with Gasteiger partial charge in [0.2, 0.25) is 5.91 Å². The van der Waals surface area contributed by atoms with Crippen molar-refractivity contribution in [2.75, 3.05) is 19.6 Å². The third kappa shape index (κ3) is 1.46. The molecule has 1 amide bonds. The standard InChI is InChI=1S/C6H11N3O/c1-5(7)9-3-2-8-6(10)4-9/h7H,2-4H2,1H3,(H,8,10). The maximum atomic E-state index is 10.7. The molecule has 1 aliphatic heterocycles. The van der Waals surface area contributed by atoms with Gasteiger partial charge in [-0.05, 0) is 6.92 Å². The monoisotopic (exact) mass is 141 g/mol. The van der Waals surface area contributed by atoms with Crippen LogP contribution in [0, 0.1) is 5.41 Å². The molecule has 1 heterocycles. The van der Waals surface area contributed by atoms with E-state index in [1.165, 1.54) is 0 Å². The first-order chi connectivity index (χ1) is 4.70. The van der Waals surface area contributed by atoms with Gasteiger partial charge in [-0.15, -0.1) is 0 Å². The molecular formula is C6H11N3O. The predicted molar refractivity (Wildman–Crippen MR) is 38.0 cm³/mol. The Morgan fingerprint density at radius 3 is 2.90 bits per heavy atom. The minimum atomic E-state index is 0.0119. The van der Waals surface area contributed by atoms with Crippen LogP contribution in [0.2, 0.25) is 0 Å². The van der Waals surface area contributed by atoms with E-state index in [0.717, 1.165) is 6.54 Å². The number of nitrogens with one attached hydrogen (secondary N) is 2. The van der Waals surface area contributed by atoms with E-state index in [9.17, 15) is 4.79 Å². The Labute approximate surface area is 59.7 Å². The number of amidine groups is 1. The maximum Gasteiger partial charge on any atom is 0.239 e. The smallest absolute Gasteiger partial charge is 0.239 e. The quantitative estimate of drug-likeness (QED) is 0.350. The highest BCUT2D eigenvalue weighted by Gasteiger charge is 2.15. The van der Waals surface area contributed by atoms with E-state index in [4.69, 9.17) is 5.41 Å². The van der Waals surface area contributed by atoms with Crippen molar-refractivity contribution in [3.8, 4) is 0 Å². The van der Waals surface area contributed by atoms with Gasteiger partial charge in [0.05, 0.1) is 12.4 Å². The number of nitrogens with zero attached hydrogens (tertiary/aromatic N) is 1. The van der Waals surface area contributed by atoms with Crippen LogP contribution in [0.1, 0.15) is 6.92 Å². The van der Waals surface area contributed by atoms with Crippen LogP contribution in [0.15, 0.2) is 0 Å². The van der Waals surface area contributed by atoms with Crippen LogP contribution in [0.3, 0.4) is 0 Å². The van der Waals surface area contributed by atoms with Crippen molar-refractivity contribution < 1.29 is 4.79 Å². The lowest BCUT2D eigenvalue weighted by molar-refractivity contribution is -0.122. The van der Waals surface area contributed by atoms with Crippen molar-refractivity contribution in [2.45, 2.75) is 6.92 Å². The number of amides is 1. The van der Waals surface area contributed by atoms with Crippen LogP contribution in [-0.4, -0.2) is 36.3 Å². The molecule has 0 aromatic heterocycles. The Hall–Kier alpha value is -1.06. The highest BCUT2D eigenvalue weighted by atomic mass is 16.2. The maximum absolute atomic E-state index is 10.7. The van der Waals surface area contributed by atoms with E-state index in [2.05, 4.69) is 5.32 Å². The summed E-state index contributed by atoms with van der Waals surface area (Å²) < 4.78 is 0. The molecule has 0 aromatic rings. The molecule has 1 fully saturated rings. The lowest BCUT2D eigenvalue weighted by Gasteiger charge is -2.26. The Kier molecular flexibility index (Phi) is 1.89. The highest BCUT2D eigenvalue weighted by Crippen LogP contribution is 1.92. The van der Waals surface area contributed by atoms with Crippen molar-refractivity contribution >= 4 is 11.7 Å². The fourth-order valence-corrected chi connectivity index (χ4v) is 0.925. The largest absolute Gasteiger partial charge is 0.353 e. The van der Waals surface area contributed by atoms with Crippen LogP contribution in [0.5, 0.6) is 0 Å². The summed E-state index contributed by atoms with van der Waals surface area (Å²) in [5, 5.41) is 9.91. The van der Waals surface area contributed by atoms with Gasteiger partial charge in [-0.25, -0.2) is 0 Å². The summed E-state index contributed by atoms with van der Waals surface area (Å²) in [6, 6.07) is 0. The van der Waals surface area contributed by atoms with Crippen molar-refractivity contribution in [1.82, 2.24) is 10.2 Å². The number of piperazine rings is 1. The van der Waals surface area contributed by atoms with E-state index in [1.807, 2.05) is 0 Å². The molecule has 0 saturated carbocycles. The summed E-state index contributed by atoms with van der Waals surface area (Å²) in [5.74, 6) is 0.479. The van der Waals surface area contributed by atoms with Gasteiger partial charge in [0.25, 0.3) is 0 Å². The zero-order valence-electron chi connectivity index (χ0n) is 5.98. The summed E-state index contributed by atoms with van der Waals surface area (Å²) in [4.78, 5) is 12.5. The summed E-state index contributed by atoms with van der Waals surface area (Å²) in [5.41, 5.74) is 0. The first-order valence-corrected chi connectivity index (χ1v) is 3.27. The normalized spacial score (nSPS) is 18.5. The third-order valence-electron chi connectivity index (χ3n) is 1.51. The summed E-state index contributed by atoms with van der Waals surface area (Å²) in [6.45, 7) is 3.46. The van der Waals surface area contributed by atoms with Crippen molar-refractivity contribution in [2.24, 2.45) is 0 Å². The second-order valence-electron chi connectivity index (χ2n) is 2.36. The lowest BCUT2D eigenvalue weighted by Crippen LogP contribution is -2.49. The van der Waals surface area contributed by atoms with Gasteiger partial charge in [0.15, 0.2) is 0 Å². The molecular weight excluding hydrogens is 130 g/mol. The van der Waals surface area contributed by atoms with E-state index >= 15 is 0 Å². The zero-order chi connectivity index (χ0) is 7.56. The van der Waals surface area contributed by atoms with Gasteiger partial charge >= 0.3 is 0 Å². The first-order valence-electron chi connectivity index (χ1n) is 3.27. The number of rotatable bonds is 0. The van der Waals surface area contributed by atoms with E-state index in [1.54, 1.807) is 11.8 Å². The fraction of sp³-hybridized carbons (Fsp3) is 0.667. The Bertz CT molecular complexity index is 164. The van der Waals surface area contributed by atoms with Crippen LogP contribution in [0.4, 0.5) is 0 Å². The van der Waals surface area contributed by atoms with Crippen molar-refractivity contribution in [3.63, 3.8) is 0 Å². The molecule has 1 saturated heterocycles. The van der Waals surface area contributed by atoms with Crippen LogP contribution >= 0.6 is 0 Å². The number of hydrogen-bond acceptors (Lipinski definition) is 2. The predicted octanol–water partition coefficient (Wildman–Crippen LogP) is -0.585.